The molecule has 3 nitrogen and oxygen atoms in total. The summed E-state index contributed by atoms with van der Waals surface area (Å²) in [6.07, 6.45) is 3.79. The fraction of sp³-hybridized carbons (Fsp3) is 0.529. The van der Waals surface area contributed by atoms with E-state index in [-0.39, 0.29) is 0 Å². The zero-order valence-electron chi connectivity index (χ0n) is 12.2. The number of fused-ring (bicyclic) bond motifs is 1. The fourth-order valence-electron chi connectivity index (χ4n) is 2.44. The van der Waals surface area contributed by atoms with E-state index in [1.54, 1.807) is 0 Å². The van der Waals surface area contributed by atoms with Crippen molar-refractivity contribution in [1.29, 1.82) is 0 Å². The van der Waals surface area contributed by atoms with Crippen LogP contribution >= 0.6 is 0 Å². The zero-order chi connectivity index (χ0) is 13.8. The van der Waals surface area contributed by atoms with Crippen molar-refractivity contribution < 1.29 is 9.15 Å². The molecule has 2 aromatic rings. The van der Waals surface area contributed by atoms with Crippen LogP contribution in [0, 0.1) is 5.92 Å². The van der Waals surface area contributed by atoms with Crippen LogP contribution in [0.1, 0.15) is 37.5 Å². The van der Waals surface area contributed by atoms with Crippen molar-refractivity contribution in [3.63, 3.8) is 0 Å². The number of hydrogen-bond donors (Lipinski definition) is 1. The van der Waals surface area contributed by atoms with Gasteiger partial charge in [-0.15, -0.1) is 0 Å². The highest BCUT2D eigenvalue weighted by Gasteiger charge is 2.22. The molecule has 0 atom stereocenters. The first-order valence-electron chi connectivity index (χ1n) is 7.66. The van der Waals surface area contributed by atoms with Gasteiger partial charge in [0.25, 0.3) is 0 Å². The Labute approximate surface area is 120 Å². The van der Waals surface area contributed by atoms with Crippen molar-refractivity contribution in [2.75, 3.05) is 13.2 Å². The summed E-state index contributed by atoms with van der Waals surface area (Å²) in [7, 11) is 0. The van der Waals surface area contributed by atoms with Crippen molar-refractivity contribution in [3.05, 3.63) is 35.6 Å². The van der Waals surface area contributed by atoms with Crippen molar-refractivity contribution >= 4 is 11.0 Å². The molecule has 20 heavy (non-hydrogen) atoms. The van der Waals surface area contributed by atoms with Crippen molar-refractivity contribution in [1.82, 2.24) is 5.32 Å². The molecule has 1 saturated carbocycles. The molecule has 0 amide bonds. The van der Waals surface area contributed by atoms with Gasteiger partial charge in [0.15, 0.2) is 0 Å². The van der Waals surface area contributed by atoms with Crippen LogP contribution in [-0.4, -0.2) is 13.2 Å². The summed E-state index contributed by atoms with van der Waals surface area (Å²) in [4.78, 5) is 0. The Morgan fingerprint density at radius 1 is 1.30 bits per heavy atom. The maximum absolute atomic E-state index is 5.98. The summed E-state index contributed by atoms with van der Waals surface area (Å²) in [6, 6.07) is 8.23. The first kappa shape index (κ1) is 13.7. The molecule has 1 aromatic heterocycles. The Morgan fingerprint density at radius 2 is 2.15 bits per heavy atom. The number of furan rings is 1. The molecule has 0 bridgehead atoms. The molecule has 1 aliphatic carbocycles. The molecule has 1 aliphatic rings. The Bertz CT molecular complexity index is 557. The van der Waals surface area contributed by atoms with E-state index in [0.29, 0.717) is 6.61 Å². The third-order valence-electron chi connectivity index (χ3n) is 3.79. The fourth-order valence-corrected chi connectivity index (χ4v) is 2.44. The number of rotatable bonds is 8. The summed E-state index contributed by atoms with van der Waals surface area (Å²) in [5.41, 5.74) is 2.18. The first-order chi connectivity index (χ1) is 9.88. The van der Waals surface area contributed by atoms with Crippen LogP contribution in [-0.2, 0) is 17.9 Å². The lowest BCUT2D eigenvalue weighted by atomic mass is 10.1. The van der Waals surface area contributed by atoms with Gasteiger partial charge in [-0.1, -0.05) is 25.1 Å². The number of nitrogens with one attached hydrogen (secondary N) is 1. The van der Waals surface area contributed by atoms with Crippen molar-refractivity contribution in [2.45, 2.75) is 39.3 Å². The number of hydrogen-bond acceptors (Lipinski definition) is 3. The Kier molecular flexibility index (Phi) is 4.38. The van der Waals surface area contributed by atoms with E-state index in [1.165, 1.54) is 23.8 Å². The minimum absolute atomic E-state index is 0.663. The van der Waals surface area contributed by atoms with Crippen LogP contribution in [0.5, 0.6) is 0 Å². The second-order valence-electron chi connectivity index (χ2n) is 5.64. The van der Waals surface area contributed by atoms with Crippen molar-refractivity contribution in [2.24, 2.45) is 5.92 Å². The van der Waals surface area contributed by atoms with Gasteiger partial charge in [-0.05, 0) is 37.8 Å². The molecule has 1 aromatic carbocycles. The third kappa shape index (κ3) is 3.22. The number of para-hydroxylation sites is 1. The van der Waals surface area contributed by atoms with Crippen molar-refractivity contribution in [3.8, 4) is 0 Å². The van der Waals surface area contributed by atoms with Gasteiger partial charge in [0.1, 0.15) is 11.3 Å². The summed E-state index contributed by atoms with van der Waals surface area (Å²) in [5.74, 6) is 1.82. The molecule has 1 fully saturated rings. The van der Waals surface area contributed by atoms with Gasteiger partial charge in [-0.25, -0.2) is 0 Å². The maximum atomic E-state index is 5.98. The van der Waals surface area contributed by atoms with Gasteiger partial charge in [-0.3, -0.25) is 0 Å². The van der Waals surface area contributed by atoms with E-state index in [0.717, 1.165) is 43.4 Å². The van der Waals surface area contributed by atoms with Crippen LogP contribution in [0.15, 0.2) is 28.7 Å². The molecule has 0 aliphatic heterocycles. The second-order valence-corrected chi connectivity index (χ2v) is 5.64. The highest BCUT2D eigenvalue weighted by Crippen LogP contribution is 2.31. The van der Waals surface area contributed by atoms with Gasteiger partial charge in [0, 0.05) is 17.6 Å². The largest absolute Gasteiger partial charge is 0.459 e. The van der Waals surface area contributed by atoms with Crippen LogP contribution in [0.2, 0.25) is 0 Å². The summed E-state index contributed by atoms with van der Waals surface area (Å²) >= 11 is 0. The lowest BCUT2D eigenvalue weighted by Crippen LogP contribution is -2.14. The number of benzene rings is 1. The molecular formula is C17H23NO2. The highest BCUT2D eigenvalue weighted by molar-refractivity contribution is 5.82. The normalized spacial score (nSPS) is 15.1. The SMILES string of the molecule is CCCNCc1oc2ccccc2c1COCC1CC1. The predicted octanol–water partition coefficient (Wildman–Crippen LogP) is 3.86. The lowest BCUT2D eigenvalue weighted by molar-refractivity contribution is 0.110. The van der Waals surface area contributed by atoms with Gasteiger partial charge in [0.2, 0.25) is 0 Å². The Morgan fingerprint density at radius 3 is 2.95 bits per heavy atom. The van der Waals surface area contributed by atoms with E-state index >= 15 is 0 Å². The monoisotopic (exact) mass is 273 g/mol. The molecule has 3 rings (SSSR count). The molecule has 0 radical (unpaired) electrons. The average molecular weight is 273 g/mol. The molecule has 0 unspecified atom stereocenters. The molecule has 108 valence electrons. The number of ether oxygens (including phenoxy) is 1. The molecule has 1 heterocycles. The standard InChI is InChI=1S/C17H23NO2/c1-2-9-18-10-17-15(12-19-11-13-7-8-13)14-5-3-4-6-16(14)20-17/h3-6,13,18H,2,7-12H2,1H3. The highest BCUT2D eigenvalue weighted by atomic mass is 16.5. The predicted molar refractivity (Wildman–Crippen MR) is 80.6 cm³/mol. The van der Waals surface area contributed by atoms with E-state index in [1.807, 2.05) is 12.1 Å². The third-order valence-corrected chi connectivity index (χ3v) is 3.79. The summed E-state index contributed by atoms with van der Waals surface area (Å²) in [5, 5.41) is 4.61. The van der Waals surface area contributed by atoms with E-state index in [2.05, 4.69) is 24.4 Å². The quantitative estimate of drug-likeness (QED) is 0.742. The Balaban J connectivity index is 1.74. The van der Waals surface area contributed by atoms with Crippen LogP contribution in [0.3, 0.4) is 0 Å². The van der Waals surface area contributed by atoms with Crippen LogP contribution in [0.25, 0.3) is 11.0 Å². The van der Waals surface area contributed by atoms with Crippen LogP contribution < -0.4 is 5.32 Å². The van der Waals surface area contributed by atoms with Crippen LogP contribution in [0.4, 0.5) is 0 Å². The topological polar surface area (TPSA) is 34.4 Å². The van der Waals surface area contributed by atoms with Gasteiger partial charge in [-0.2, -0.15) is 0 Å². The van der Waals surface area contributed by atoms with E-state index < -0.39 is 0 Å². The Hall–Kier alpha value is -1.32. The molecule has 3 heteroatoms. The van der Waals surface area contributed by atoms with E-state index in [4.69, 9.17) is 9.15 Å². The summed E-state index contributed by atoms with van der Waals surface area (Å²) in [6.45, 7) is 5.52. The minimum Gasteiger partial charge on any atom is -0.459 e. The maximum Gasteiger partial charge on any atom is 0.134 e. The second kappa shape index (κ2) is 6.42. The molecular weight excluding hydrogens is 250 g/mol. The van der Waals surface area contributed by atoms with Gasteiger partial charge in [0.05, 0.1) is 13.2 Å². The molecule has 1 N–H and O–H groups in total. The molecule has 0 spiro atoms. The lowest BCUT2D eigenvalue weighted by Gasteiger charge is -2.05. The zero-order valence-corrected chi connectivity index (χ0v) is 12.2. The van der Waals surface area contributed by atoms with E-state index in [9.17, 15) is 0 Å². The molecule has 0 saturated heterocycles. The smallest absolute Gasteiger partial charge is 0.134 e. The minimum atomic E-state index is 0.663. The van der Waals surface area contributed by atoms with Gasteiger partial charge >= 0.3 is 0 Å². The summed E-state index contributed by atoms with van der Waals surface area (Å²) < 4.78 is 11.8. The first-order valence-corrected chi connectivity index (χ1v) is 7.66. The van der Waals surface area contributed by atoms with Gasteiger partial charge < -0.3 is 14.5 Å². The average Bonchev–Trinajstić information content (AvgIpc) is 3.22.